The minimum absolute atomic E-state index is 0.0853. The van der Waals surface area contributed by atoms with Crippen LogP contribution in [-0.4, -0.2) is 23.4 Å². The highest BCUT2D eigenvalue weighted by molar-refractivity contribution is 9.10. The number of aliphatic hydroxyl groups excluding tert-OH is 2. The summed E-state index contributed by atoms with van der Waals surface area (Å²) >= 11 is 3.42. The Morgan fingerprint density at radius 2 is 1.52 bits per heavy atom. The van der Waals surface area contributed by atoms with Gasteiger partial charge in [0.25, 0.3) is 0 Å². The summed E-state index contributed by atoms with van der Waals surface area (Å²) in [4.78, 5) is 0. The van der Waals surface area contributed by atoms with Crippen LogP contribution < -0.4 is 0 Å². The van der Waals surface area contributed by atoms with Crippen LogP contribution in [0, 0.1) is 13.8 Å². The Bertz CT molecular complexity index is 601. The van der Waals surface area contributed by atoms with Gasteiger partial charge in [0.1, 0.15) is 0 Å². The lowest BCUT2D eigenvalue weighted by atomic mass is 9.76. The smallest absolute Gasteiger partial charge is 0.0553 e. The Kier molecular flexibility index (Phi) is 5.20. The number of hydrogen-bond donors (Lipinski definition) is 2. The van der Waals surface area contributed by atoms with Gasteiger partial charge in [0.15, 0.2) is 0 Å². The van der Waals surface area contributed by atoms with Crippen molar-refractivity contribution in [3.8, 4) is 0 Å². The van der Waals surface area contributed by atoms with Gasteiger partial charge >= 0.3 is 0 Å². The van der Waals surface area contributed by atoms with E-state index in [1.165, 1.54) is 11.1 Å². The monoisotopic (exact) mass is 348 g/mol. The molecule has 0 heterocycles. The molecule has 0 bridgehead atoms. The molecule has 112 valence electrons. The Hall–Kier alpha value is -1.16. The van der Waals surface area contributed by atoms with E-state index in [2.05, 4.69) is 48.0 Å². The predicted molar refractivity (Wildman–Crippen MR) is 89.6 cm³/mol. The first-order valence-electron chi connectivity index (χ1n) is 7.05. The van der Waals surface area contributed by atoms with E-state index >= 15 is 0 Å². The lowest BCUT2D eigenvalue weighted by molar-refractivity contribution is 0.116. The summed E-state index contributed by atoms with van der Waals surface area (Å²) in [5, 5.41) is 19.8. The number of halogens is 1. The van der Waals surface area contributed by atoms with Gasteiger partial charge in [-0.15, -0.1) is 0 Å². The molecule has 2 aromatic carbocycles. The van der Waals surface area contributed by atoms with Crippen molar-refractivity contribution in [2.45, 2.75) is 25.7 Å². The molecular weight excluding hydrogens is 328 g/mol. The first-order chi connectivity index (χ1) is 10.0. The fourth-order valence-electron chi connectivity index (χ4n) is 2.55. The van der Waals surface area contributed by atoms with E-state index in [4.69, 9.17) is 0 Å². The van der Waals surface area contributed by atoms with E-state index in [1.807, 2.05) is 24.3 Å². The first kappa shape index (κ1) is 16.2. The van der Waals surface area contributed by atoms with Crippen molar-refractivity contribution < 1.29 is 10.2 Å². The van der Waals surface area contributed by atoms with Gasteiger partial charge in [-0.05, 0) is 54.7 Å². The van der Waals surface area contributed by atoms with Crippen LogP contribution in [0.15, 0.2) is 46.9 Å². The minimum Gasteiger partial charge on any atom is -0.395 e. The van der Waals surface area contributed by atoms with E-state index < -0.39 is 5.41 Å². The molecule has 2 N–H and O–H groups in total. The van der Waals surface area contributed by atoms with Gasteiger partial charge in [0.05, 0.1) is 13.2 Å². The third-order valence-electron chi connectivity index (χ3n) is 4.18. The third-order valence-corrected chi connectivity index (χ3v) is 4.70. The Morgan fingerprint density at radius 3 is 2.05 bits per heavy atom. The Balaban J connectivity index is 2.37. The van der Waals surface area contributed by atoms with Crippen LogP contribution in [0.4, 0.5) is 0 Å². The number of hydrogen-bond acceptors (Lipinski definition) is 2. The fourth-order valence-corrected chi connectivity index (χ4v) is 2.82. The molecule has 0 aliphatic heterocycles. The number of aryl methyl sites for hydroxylation is 2. The second-order valence-corrected chi connectivity index (χ2v) is 6.61. The highest BCUT2D eigenvalue weighted by Gasteiger charge is 2.31. The highest BCUT2D eigenvalue weighted by Crippen LogP contribution is 2.29. The van der Waals surface area contributed by atoms with E-state index in [0.717, 1.165) is 15.6 Å². The maximum Gasteiger partial charge on any atom is 0.0553 e. The zero-order valence-corrected chi connectivity index (χ0v) is 14.0. The molecule has 0 aliphatic carbocycles. The number of rotatable bonds is 5. The average molecular weight is 349 g/mol. The van der Waals surface area contributed by atoms with E-state index in [1.54, 1.807) is 0 Å². The summed E-state index contributed by atoms with van der Waals surface area (Å²) in [6.45, 7) is 3.99. The fraction of sp³-hybridized carbons (Fsp3) is 0.333. The van der Waals surface area contributed by atoms with Gasteiger partial charge in [0.2, 0.25) is 0 Å². The molecule has 0 aliphatic rings. The SMILES string of the molecule is Cc1ccc(CC(CO)(CO)c2ccc(Br)cc2)cc1C. The molecule has 0 fully saturated rings. The van der Waals surface area contributed by atoms with Gasteiger partial charge in [0, 0.05) is 9.89 Å². The maximum atomic E-state index is 9.91. The first-order valence-corrected chi connectivity index (χ1v) is 7.84. The molecule has 0 radical (unpaired) electrons. The van der Waals surface area contributed by atoms with Gasteiger partial charge in [-0.1, -0.05) is 46.3 Å². The minimum atomic E-state index is -0.650. The van der Waals surface area contributed by atoms with Crippen molar-refractivity contribution in [1.82, 2.24) is 0 Å². The summed E-state index contributed by atoms with van der Waals surface area (Å²) in [5.74, 6) is 0. The molecule has 0 amide bonds. The van der Waals surface area contributed by atoms with Crippen molar-refractivity contribution >= 4 is 15.9 Å². The maximum absolute atomic E-state index is 9.91. The number of aliphatic hydroxyl groups is 2. The summed E-state index contributed by atoms with van der Waals surface area (Å²) in [6.07, 6.45) is 0.614. The molecule has 2 nitrogen and oxygen atoms in total. The Morgan fingerprint density at radius 1 is 0.905 bits per heavy atom. The van der Waals surface area contributed by atoms with E-state index in [0.29, 0.717) is 6.42 Å². The number of benzene rings is 2. The summed E-state index contributed by atoms with van der Waals surface area (Å²) in [6, 6.07) is 14.1. The molecular formula is C18H21BrO2. The van der Waals surface area contributed by atoms with E-state index in [9.17, 15) is 10.2 Å². The average Bonchev–Trinajstić information content (AvgIpc) is 2.49. The molecule has 0 aromatic heterocycles. The Labute approximate surface area is 134 Å². The van der Waals surface area contributed by atoms with Crippen LogP contribution in [-0.2, 0) is 11.8 Å². The van der Waals surface area contributed by atoms with Crippen molar-refractivity contribution in [3.05, 3.63) is 69.2 Å². The second-order valence-electron chi connectivity index (χ2n) is 5.70. The molecule has 0 atom stereocenters. The van der Waals surface area contributed by atoms with Crippen LogP contribution >= 0.6 is 15.9 Å². The van der Waals surface area contributed by atoms with Crippen LogP contribution in [0.25, 0.3) is 0 Å². The lowest BCUT2D eigenvalue weighted by Crippen LogP contribution is -2.37. The molecule has 0 saturated heterocycles. The van der Waals surface area contributed by atoms with E-state index in [-0.39, 0.29) is 13.2 Å². The summed E-state index contributed by atoms with van der Waals surface area (Å²) in [7, 11) is 0. The quantitative estimate of drug-likeness (QED) is 0.867. The largest absolute Gasteiger partial charge is 0.395 e. The topological polar surface area (TPSA) is 40.5 Å². The molecule has 0 spiro atoms. The van der Waals surface area contributed by atoms with Crippen molar-refractivity contribution in [1.29, 1.82) is 0 Å². The molecule has 0 saturated carbocycles. The lowest BCUT2D eigenvalue weighted by Gasteiger charge is -2.31. The van der Waals surface area contributed by atoms with Crippen LogP contribution in [0.3, 0.4) is 0 Å². The van der Waals surface area contributed by atoms with Crippen LogP contribution in [0.1, 0.15) is 22.3 Å². The summed E-state index contributed by atoms with van der Waals surface area (Å²) in [5.41, 5.74) is 3.91. The molecule has 2 aromatic rings. The predicted octanol–water partition coefficient (Wildman–Crippen LogP) is 3.53. The van der Waals surface area contributed by atoms with Crippen LogP contribution in [0.2, 0.25) is 0 Å². The molecule has 2 rings (SSSR count). The standard InChI is InChI=1S/C18H21BrO2/c1-13-3-4-15(9-14(13)2)10-18(11-20,12-21)16-5-7-17(19)8-6-16/h3-9,20-21H,10-12H2,1-2H3. The molecule has 0 unspecified atom stereocenters. The van der Waals surface area contributed by atoms with Gasteiger partial charge in [-0.2, -0.15) is 0 Å². The second kappa shape index (κ2) is 6.73. The van der Waals surface area contributed by atoms with Crippen molar-refractivity contribution in [3.63, 3.8) is 0 Å². The zero-order chi connectivity index (χ0) is 15.5. The van der Waals surface area contributed by atoms with Gasteiger partial charge in [-0.25, -0.2) is 0 Å². The zero-order valence-electron chi connectivity index (χ0n) is 12.4. The van der Waals surface area contributed by atoms with Crippen molar-refractivity contribution in [2.75, 3.05) is 13.2 Å². The van der Waals surface area contributed by atoms with Gasteiger partial charge < -0.3 is 10.2 Å². The van der Waals surface area contributed by atoms with Crippen LogP contribution in [0.5, 0.6) is 0 Å². The van der Waals surface area contributed by atoms with Crippen molar-refractivity contribution in [2.24, 2.45) is 0 Å². The molecule has 21 heavy (non-hydrogen) atoms. The third kappa shape index (κ3) is 3.54. The molecule has 3 heteroatoms. The normalized spacial score (nSPS) is 11.7. The van der Waals surface area contributed by atoms with Gasteiger partial charge in [-0.3, -0.25) is 0 Å². The highest BCUT2D eigenvalue weighted by atomic mass is 79.9. The summed E-state index contributed by atoms with van der Waals surface area (Å²) < 4.78 is 0.988.